The molecule has 3 saturated heterocycles. The first-order valence-corrected chi connectivity index (χ1v) is 30.6. The van der Waals surface area contributed by atoms with Crippen molar-refractivity contribution in [2.24, 2.45) is 11.8 Å². The van der Waals surface area contributed by atoms with Gasteiger partial charge in [-0.25, -0.2) is 4.98 Å². The molecule has 7 aromatic rings. The molecule has 3 amide bonds. The predicted molar refractivity (Wildman–Crippen MR) is 311 cm³/mol. The van der Waals surface area contributed by atoms with E-state index in [2.05, 4.69) is 80.3 Å². The van der Waals surface area contributed by atoms with Crippen LogP contribution in [0.25, 0.3) is 11.5 Å². The Labute approximate surface area is 494 Å². The van der Waals surface area contributed by atoms with Gasteiger partial charge in [-0.1, -0.05) is 65.0 Å². The number of benzene rings is 4. The molecule has 6 aliphatic heterocycles. The molecule has 0 radical (unpaired) electrons. The van der Waals surface area contributed by atoms with Gasteiger partial charge in [0.1, 0.15) is 5.01 Å². The molecule has 3 N–H and O–H groups in total. The molecule has 2 saturated carbocycles. The summed E-state index contributed by atoms with van der Waals surface area (Å²) in [7, 11) is 0. The number of rotatable bonds is 17. The van der Waals surface area contributed by atoms with Crippen LogP contribution in [-0.4, -0.2) is 116 Å². The van der Waals surface area contributed by atoms with Gasteiger partial charge in [-0.05, 0) is 148 Å². The molecule has 0 bridgehead atoms. The van der Waals surface area contributed by atoms with Crippen LogP contribution in [0.3, 0.4) is 0 Å². The van der Waals surface area contributed by atoms with Gasteiger partial charge in [0.25, 0.3) is 5.88 Å². The van der Waals surface area contributed by atoms with Crippen molar-refractivity contribution in [1.82, 2.24) is 40.1 Å². The topological polar surface area (TPSA) is 230 Å². The summed E-state index contributed by atoms with van der Waals surface area (Å²) in [6, 6.07) is 28.7. The largest absolute Gasteiger partial charge is 0.454 e. The standard InChI is InChI=1S/C63H65N11O10S/c75-56(65-47-19-15-37(16-20-47)36-7-8-36)48-21-17-42(29-74(48)32-46-23-25-64-60-55(46)82-35-83-60)43-18-22-49(73(28-43)31-45-4-2-6-52-54(45)81-34-79-52)57(76)66-62-70-68-59(84-62)39-11-9-38(10-12-39)41-24-26-72(30-44-3-1-5-51-53(44)80-33-78-51)50(27-41)58(77)67-63-71-69-61(85-63)40-13-14-40/h1-6,9-12,15-16,19-20,23,25,36,40-43,48-50H,7-8,13-14,17-18,21-22,24,26-35H2,(H,65,75)(H,66,70,76)(H,67,71,77)/t41?,42?,43?,48-,49-,50-/m1/s1. The van der Waals surface area contributed by atoms with E-state index in [1.54, 1.807) is 6.20 Å². The maximum atomic E-state index is 14.6. The number of ether oxygens (including phenoxy) is 6. The summed E-state index contributed by atoms with van der Waals surface area (Å²) < 4.78 is 41.1. The highest BCUT2D eigenvalue weighted by molar-refractivity contribution is 7.15. The SMILES string of the molecule is O=C(Nc1ccc(C2CC2)cc1)[C@H]1CCC(C2CC[C@H](C(=O)Nc3nnc(-c4ccc(C5CCN(Cc6cccc7c6OCO7)[C@@H](C(=O)Nc6nnc(C7CC7)s6)C5)cc4)o3)N(Cc3cccc4c3OCO4)C2)CN1Cc1ccnc2c1OCO2. The Morgan fingerprint density at radius 2 is 1.12 bits per heavy atom. The molecular formula is C63H65N11O10S. The number of para-hydroxylation sites is 2. The van der Waals surface area contributed by atoms with Gasteiger partial charge in [0.2, 0.25) is 49.1 Å². The van der Waals surface area contributed by atoms with Gasteiger partial charge in [-0.2, -0.15) is 0 Å². The number of nitrogens with one attached hydrogen (secondary N) is 3. The smallest absolute Gasteiger partial charge is 0.322 e. The van der Waals surface area contributed by atoms with Crippen molar-refractivity contribution in [3.05, 3.63) is 130 Å². The number of anilines is 3. The van der Waals surface area contributed by atoms with Crippen molar-refractivity contribution in [1.29, 1.82) is 0 Å². The third-order valence-corrected chi connectivity index (χ3v) is 19.3. The van der Waals surface area contributed by atoms with Gasteiger partial charge in [0.15, 0.2) is 28.7 Å². The van der Waals surface area contributed by atoms with Gasteiger partial charge in [0.05, 0.1) is 18.1 Å². The van der Waals surface area contributed by atoms with Gasteiger partial charge in [-0.15, -0.1) is 15.3 Å². The second-order valence-corrected chi connectivity index (χ2v) is 24.7. The third kappa shape index (κ3) is 11.3. The van der Waals surface area contributed by atoms with Crippen LogP contribution in [0.15, 0.2) is 102 Å². The number of piperidine rings is 3. The van der Waals surface area contributed by atoms with E-state index in [1.165, 1.54) is 29.7 Å². The fraction of sp³-hybridized carbons (Fsp3) is 0.429. The lowest BCUT2D eigenvalue weighted by Gasteiger charge is -2.46. The van der Waals surface area contributed by atoms with E-state index in [4.69, 9.17) is 32.8 Å². The van der Waals surface area contributed by atoms with E-state index < -0.39 is 12.1 Å². The highest BCUT2D eigenvalue weighted by Crippen LogP contribution is 2.45. The molecule has 438 valence electrons. The van der Waals surface area contributed by atoms with Gasteiger partial charge < -0.3 is 38.2 Å². The maximum absolute atomic E-state index is 14.6. The second-order valence-electron chi connectivity index (χ2n) is 23.7. The first kappa shape index (κ1) is 53.5. The Hall–Kier alpha value is -8.18. The van der Waals surface area contributed by atoms with Crippen molar-refractivity contribution in [3.8, 4) is 46.1 Å². The number of likely N-dealkylation sites (tertiary alicyclic amines) is 3. The molecule has 21 nitrogen and oxygen atoms in total. The van der Waals surface area contributed by atoms with Gasteiger partial charge in [0, 0.05) is 72.8 Å². The molecule has 4 aromatic carbocycles. The molecule has 3 aromatic heterocycles. The van der Waals surface area contributed by atoms with Crippen molar-refractivity contribution in [2.75, 3.05) is 56.0 Å². The Balaban J connectivity index is 0.627. The van der Waals surface area contributed by atoms with Crippen molar-refractivity contribution in [2.45, 2.75) is 120 Å². The summed E-state index contributed by atoms with van der Waals surface area (Å²) >= 11 is 1.46. The zero-order valence-electron chi connectivity index (χ0n) is 46.9. The zero-order valence-corrected chi connectivity index (χ0v) is 47.7. The normalized spacial score (nSPS) is 23.6. The number of aromatic nitrogens is 5. The molecule has 6 atom stereocenters. The molecule has 3 unspecified atom stereocenters. The lowest BCUT2D eigenvalue weighted by Crippen LogP contribution is -2.54. The number of pyridine rings is 1. The summed E-state index contributed by atoms with van der Waals surface area (Å²) in [4.78, 5) is 54.3. The quantitative estimate of drug-likeness (QED) is 0.0771. The average molecular weight is 1170 g/mol. The lowest BCUT2D eigenvalue weighted by atomic mass is 9.77. The maximum Gasteiger partial charge on any atom is 0.322 e. The average Bonchev–Trinajstić information content (AvgIpc) is 4.36. The summed E-state index contributed by atoms with van der Waals surface area (Å²) in [6.45, 7) is 3.83. The molecule has 2 aliphatic carbocycles. The Morgan fingerprint density at radius 3 is 1.80 bits per heavy atom. The minimum atomic E-state index is -0.531. The molecule has 85 heavy (non-hydrogen) atoms. The first-order chi connectivity index (χ1) is 41.8. The Morgan fingerprint density at radius 1 is 0.518 bits per heavy atom. The van der Waals surface area contributed by atoms with Crippen LogP contribution in [0.4, 0.5) is 16.8 Å². The molecule has 8 aliphatic rings. The van der Waals surface area contributed by atoms with Crippen LogP contribution in [0.5, 0.6) is 34.6 Å². The van der Waals surface area contributed by atoms with Gasteiger partial charge >= 0.3 is 6.01 Å². The van der Waals surface area contributed by atoms with E-state index in [-0.39, 0.29) is 73.8 Å². The number of hydrogen-bond donors (Lipinski definition) is 3. The number of fused-ring (bicyclic) bond motifs is 3. The molecule has 0 spiro atoms. The number of amides is 3. The number of hydrogen-bond acceptors (Lipinski definition) is 19. The monoisotopic (exact) mass is 1170 g/mol. The third-order valence-electron chi connectivity index (χ3n) is 18.3. The van der Waals surface area contributed by atoms with Gasteiger partial charge in [-0.3, -0.25) is 39.7 Å². The predicted octanol–water partition coefficient (Wildman–Crippen LogP) is 9.45. The second kappa shape index (κ2) is 23.0. The van der Waals surface area contributed by atoms with Crippen LogP contribution >= 0.6 is 11.3 Å². The van der Waals surface area contributed by atoms with E-state index in [0.717, 1.165) is 70.8 Å². The van der Waals surface area contributed by atoms with E-state index in [9.17, 15) is 14.4 Å². The number of nitrogens with zero attached hydrogens (tertiary/aromatic N) is 8. The van der Waals surface area contributed by atoms with Crippen molar-refractivity contribution < 1.29 is 47.2 Å². The Bertz CT molecular complexity index is 3630. The van der Waals surface area contributed by atoms with Crippen molar-refractivity contribution in [3.63, 3.8) is 0 Å². The van der Waals surface area contributed by atoms with E-state index >= 15 is 0 Å². The zero-order chi connectivity index (χ0) is 57.0. The summed E-state index contributed by atoms with van der Waals surface area (Å²) in [5.41, 5.74) is 6.73. The molecule has 9 heterocycles. The highest BCUT2D eigenvalue weighted by Gasteiger charge is 2.43. The van der Waals surface area contributed by atoms with Crippen LogP contribution in [-0.2, 0) is 34.0 Å². The molecule has 22 heteroatoms. The molecule has 5 fully saturated rings. The van der Waals surface area contributed by atoms with Crippen LogP contribution in [0.1, 0.15) is 115 Å². The minimum Gasteiger partial charge on any atom is -0.454 e. The number of carbonyl (C=O) groups excluding carboxylic acids is 3. The first-order valence-electron chi connectivity index (χ1n) is 29.8. The fourth-order valence-electron chi connectivity index (χ4n) is 13.4. The van der Waals surface area contributed by atoms with E-state index in [1.807, 2.05) is 66.7 Å². The highest BCUT2D eigenvalue weighted by atomic mass is 32.1. The van der Waals surface area contributed by atoms with E-state index in [0.29, 0.717) is 110 Å². The number of carbonyl (C=O) groups is 3. The lowest BCUT2D eigenvalue weighted by molar-refractivity contribution is -0.126. The van der Waals surface area contributed by atoms with Crippen LogP contribution < -0.4 is 44.4 Å². The summed E-state index contributed by atoms with van der Waals surface area (Å²) in [5.74, 6) is 5.36. The van der Waals surface area contributed by atoms with Crippen LogP contribution in [0.2, 0.25) is 0 Å². The molecule has 15 rings (SSSR count). The van der Waals surface area contributed by atoms with Crippen molar-refractivity contribution >= 4 is 45.9 Å². The fourth-order valence-corrected chi connectivity index (χ4v) is 14.4. The summed E-state index contributed by atoms with van der Waals surface area (Å²) in [5, 5.41) is 28.2. The summed E-state index contributed by atoms with van der Waals surface area (Å²) in [6.07, 6.45) is 10.7. The molecular weight excluding hydrogens is 1100 g/mol. The Kier molecular flexibility index (Phi) is 14.5. The minimum absolute atomic E-state index is 0.00786. The van der Waals surface area contributed by atoms with Crippen LogP contribution in [0, 0.1) is 11.8 Å².